The number of hydrogen-bond acceptors (Lipinski definition) is 2. The van der Waals surface area contributed by atoms with Gasteiger partial charge in [-0.25, -0.2) is 0 Å². The summed E-state index contributed by atoms with van der Waals surface area (Å²) >= 11 is 0. The summed E-state index contributed by atoms with van der Waals surface area (Å²) in [5.74, 6) is 1.46. The Morgan fingerprint density at radius 3 is 1.76 bits per heavy atom. The lowest BCUT2D eigenvalue weighted by Gasteiger charge is -2.27. The second-order valence-electron chi connectivity index (χ2n) is 6.87. The third-order valence-corrected chi connectivity index (χ3v) is 3.98. The number of anilines is 1. The zero-order valence-corrected chi connectivity index (χ0v) is 14.5. The molecule has 1 aromatic carbocycles. The van der Waals surface area contributed by atoms with Crippen LogP contribution >= 0.6 is 0 Å². The van der Waals surface area contributed by atoms with Crippen LogP contribution in [0.15, 0.2) is 24.3 Å². The zero-order chi connectivity index (χ0) is 15.8. The van der Waals surface area contributed by atoms with E-state index in [1.165, 1.54) is 18.5 Å². The molecule has 0 aliphatic carbocycles. The van der Waals surface area contributed by atoms with Gasteiger partial charge in [-0.2, -0.15) is 0 Å². The molecule has 0 fully saturated rings. The Morgan fingerprint density at radius 1 is 0.905 bits per heavy atom. The highest BCUT2D eigenvalue weighted by molar-refractivity contribution is 5.47. The van der Waals surface area contributed by atoms with Gasteiger partial charge in [-0.1, -0.05) is 46.8 Å². The predicted molar refractivity (Wildman–Crippen MR) is 92.8 cm³/mol. The van der Waals surface area contributed by atoms with Crippen LogP contribution in [0.25, 0.3) is 0 Å². The van der Waals surface area contributed by atoms with Crippen LogP contribution in [0.5, 0.6) is 0 Å². The van der Waals surface area contributed by atoms with Crippen LogP contribution in [0.3, 0.4) is 0 Å². The maximum atomic E-state index is 9.90. The van der Waals surface area contributed by atoms with Gasteiger partial charge < -0.3 is 10.0 Å². The molecular weight excluding hydrogens is 258 g/mol. The van der Waals surface area contributed by atoms with Gasteiger partial charge in [0.05, 0.1) is 6.10 Å². The lowest BCUT2D eigenvalue weighted by Crippen LogP contribution is -2.27. The molecule has 0 saturated heterocycles. The smallest absolute Gasteiger partial charge is 0.0787 e. The standard InChI is InChI=1S/C19H33NO/c1-6-19(21)17-7-9-18(10-8-17)20(13-11-15(2)3)14-12-16(4)5/h7-10,15-16,19,21H,6,11-14H2,1-5H3/t19-/m0/s1. The van der Waals surface area contributed by atoms with Gasteiger partial charge in [0, 0.05) is 18.8 Å². The van der Waals surface area contributed by atoms with Gasteiger partial charge in [0.25, 0.3) is 0 Å². The van der Waals surface area contributed by atoms with Gasteiger partial charge in [0.15, 0.2) is 0 Å². The molecule has 1 aromatic rings. The normalized spacial score (nSPS) is 13.0. The SMILES string of the molecule is CC[C@H](O)c1ccc(N(CCC(C)C)CCC(C)C)cc1. The van der Waals surface area contributed by atoms with E-state index in [9.17, 15) is 5.11 Å². The van der Waals surface area contributed by atoms with Crippen LogP contribution < -0.4 is 4.90 Å². The molecule has 0 aromatic heterocycles. The molecule has 0 heterocycles. The maximum Gasteiger partial charge on any atom is 0.0787 e. The summed E-state index contributed by atoms with van der Waals surface area (Å²) in [6.45, 7) is 13.3. The quantitative estimate of drug-likeness (QED) is 0.690. The van der Waals surface area contributed by atoms with E-state index in [1.807, 2.05) is 6.92 Å². The van der Waals surface area contributed by atoms with Crippen molar-refractivity contribution < 1.29 is 5.11 Å². The molecule has 2 heteroatoms. The monoisotopic (exact) mass is 291 g/mol. The van der Waals surface area contributed by atoms with Crippen LogP contribution in [-0.2, 0) is 0 Å². The van der Waals surface area contributed by atoms with E-state index in [4.69, 9.17) is 0 Å². The third kappa shape index (κ3) is 6.52. The number of aliphatic hydroxyl groups excluding tert-OH is 1. The fourth-order valence-corrected chi connectivity index (χ4v) is 2.34. The van der Waals surface area contributed by atoms with Crippen LogP contribution in [0.2, 0.25) is 0 Å². The molecule has 0 aliphatic rings. The second-order valence-corrected chi connectivity index (χ2v) is 6.87. The Balaban J connectivity index is 2.75. The Morgan fingerprint density at radius 2 is 1.38 bits per heavy atom. The number of benzene rings is 1. The number of rotatable bonds is 9. The highest BCUT2D eigenvalue weighted by Crippen LogP contribution is 2.22. The van der Waals surface area contributed by atoms with Crippen molar-refractivity contribution in [2.45, 2.75) is 60.0 Å². The van der Waals surface area contributed by atoms with E-state index in [1.54, 1.807) is 0 Å². The van der Waals surface area contributed by atoms with E-state index >= 15 is 0 Å². The van der Waals surface area contributed by atoms with E-state index < -0.39 is 0 Å². The summed E-state index contributed by atoms with van der Waals surface area (Å²) in [6.07, 6.45) is 2.87. The summed E-state index contributed by atoms with van der Waals surface area (Å²) in [5.41, 5.74) is 2.30. The summed E-state index contributed by atoms with van der Waals surface area (Å²) < 4.78 is 0. The second kappa shape index (κ2) is 9.09. The lowest BCUT2D eigenvalue weighted by atomic mass is 10.1. The Hall–Kier alpha value is -1.02. The number of hydrogen-bond donors (Lipinski definition) is 1. The molecule has 0 spiro atoms. The minimum atomic E-state index is -0.334. The van der Waals surface area contributed by atoms with Crippen LogP contribution in [0.4, 0.5) is 5.69 Å². The number of aliphatic hydroxyl groups is 1. The van der Waals surface area contributed by atoms with Crippen molar-refractivity contribution in [2.75, 3.05) is 18.0 Å². The van der Waals surface area contributed by atoms with Crippen molar-refractivity contribution in [3.05, 3.63) is 29.8 Å². The van der Waals surface area contributed by atoms with Crippen molar-refractivity contribution in [3.63, 3.8) is 0 Å². The summed E-state index contributed by atoms with van der Waals surface area (Å²) in [5, 5.41) is 9.90. The van der Waals surface area contributed by atoms with Gasteiger partial charge >= 0.3 is 0 Å². The molecule has 120 valence electrons. The van der Waals surface area contributed by atoms with Gasteiger partial charge in [-0.05, 0) is 48.8 Å². The Kier molecular flexibility index (Phi) is 7.81. The van der Waals surface area contributed by atoms with Crippen LogP contribution in [0, 0.1) is 11.8 Å². The van der Waals surface area contributed by atoms with Crippen molar-refractivity contribution in [1.29, 1.82) is 0 Å². The molecule has 0 saturated carbocycles. The van der Waals surface area contributed by atoms with E-state index in [2.05, 4.69) is 56.9 Å². The average Bonchev–Trinajstić information content (AvgIpc) is 2.46. The van der Waals surface area contributed by atoms with Crippen molar-refractivity contribution in [2.24, 2.45) is 11.8 Å². The van der Waals surface area contributed by atoms with Crippen molar-refractivity contribution >= 4 is 5.69 Å². The molecule has 1 atom stereocenters. The largest absolute Gasteiger partial charge is 0.388 e. The fraction of sp³-hybridized carbons (Fsp3) is 0.684. The van der Waals surface area contributed by atoms with Crippen LogP contribution in [0.1, 0.15) is 65.5 Å². The van der Waals surface area contributed by atoms with E-state index in [0.717, 1.165) is 36.9 Å². The molecule has 0 aliphatic heterocycles. The van der Waals surface area contributed by atoms with Crippen molar-refractivity contribution in [1.82, 2.24) is 0 Å². The molecule has 0 amide bonds. The summed E-state index contributed by atoms with van der Waals surface area (Å²) in [6, 6.07) is 8.46. The van der Waals surface area contributed by atoms with Crippen LogP contribution in [-0.4, -0.2) is 18.2 Å². The first-order valence-corrected chi connectivity index (χ1v) is 8.47. The average molecular weight is 291 g/mol. The van der Waals surface area contributed by atoms with Gasteiger partial charge in [0.1, 0.15) is 0 Å². The first kappa shape index (κ1) is 18.0. The maximum absolute atomic E-state index is 9.90. The predicted octanol–water partition coefficient (Wildman–Crippen LogP) is 5.03. The third-order valence-electron chi connectivity index (χ3n) is 3.98. The Bertz CT molecular complexity index is 371. The molecule has 2 nitrogen and oxygen atoms in total. The highest BCUT2D eigenvalue weighted by Gasteiger charge is 2.10. The topological polar surface area (TPSA) is 23.5 Å². The minimum absolute atomic E-state index is 0.334. The Labute approximate surface area is 131 Å². The van der Waals surface area contributed by atoms with E-state index in [-0.39, 0.29) is 6.10 Å². The molecule has 0 radical (unpaired) electrons. The zero-order valence-electron chi connectivity index (χ0n) is 14.5. The van der Waals surface area contributed by atoms with Crippen molar-refractivity contribution in [3.8, 4) is 0 Å². The molecule has 1 N–H and O–H groups in total. The molecular formula is C19H33NO. The fourth-order valence-electron chi connectivity index (χ4n) is 2.34. The van der Waals surface area contributed by atoms with Gasteiger partial charge in [0.2, 0.25) is 0 Å². The number of nitrogens with zero attached hydrogens (tertiary/aromatic N) is 1. The molecule has 1 rings (SSSR count). The first-order valence-electron chi connectivity index (χ1n) is 8.47. The lowest BCUT2D eigenvalue weighted by molar-refractivity contribution is 0.173. The van der Waals surface area contributed by atoms with Gasteiger partial charge in [-0.3, -0.25) is 0 Å². The van der Waals surface area contributed by atoms with Gasteiger partial charge in [-0.15, -0.1) is 0 Å². The molecule has 0 bridgehead atoms. The summed E-state index contributed by atoms with van der Waals surface area (Å²) in [7, 11) is 0. The first-order chi connectivity index (χ1) is 9.93. The molecule has 21 heavy (non-hydrogen) atoms. The highest BCUT2D eigenvalue weighted by atomic mass is 16.3. The molecule has 0 unspecified atom stereocenters. The minimum Gasteiger partial charge on any atom is -0.388 e. The summed E-state index contributed by atoms with van der Waals surface area (Å²) in [4.78, 5) is 2.49. The van der Waals surface area contributed by atoms with E-state index in [0.29, 0.717) is 0 Å².